The molecule has 1 aromatic rings. The number of nitrogen functional groups attached to an aromatic ring is 1. The fraction of sp³-hybridized carbons (Fsp3) is 0.125. The van der Waals surface area contributed by atoms with Crippen molar-refractivity contribution in [3.63, 3.8) is 0 Å². The molecule has 5 heteroatoms. The van der Waals surface area contributed by atoms with Crippen molar-refractivity contribution in [2.45, 2.75) is 6.42 Å². The molecule has 0 spiro atoms. The van der Waals surface area contributed by atoms with Gasteiger partial charge in [-0.3, -0.25) is 10.6 Å². The minimum Gasteiger partial charge on any atom is -0.481 e. The number of halogens is 1. The molecule has 0 unspecified atom stereocenters. The summed E-state index contributed by atoms with van der Waals surface area (Å²) in [5.41, 5.74) is 3.72. The van der Waals surface area contributed by atoms with Crippen LogP contribution in [-0.4, -0.2) is 11.1 Å². The second-order valence-corrected chi connectivity index (χ2v) is 3.34. The highest BCUT2D eigenvalue weighted by Gasteiger charge is 2.09. The Labute approximate surface area is 83.8 Å². The lowest BCUT2D eigenvalue weighted by Crippen LogP contribution is -2.11. The molecule has 0 aromatic heterocycles. The predicted octanol–water partition coefficient (Wildman–Crippen LogP) is 1.36. The normalized spacial score (nSPS) is 9.69. The molecule has 0 aliphatic carbocycles. The van der Waals surface area contributed by atoms with Gasteiger partial charge in [0.2, 0.25) is 0 Å². The van der Waals surface area contributed by atoms with E-state index >= 15 is 0 Å². The van der Waals surface area contributed by atoms with Crippen LogP contribution in [0.1, 0.15) is 5.56 Å². The molecule has 0 heterocycles. The fourth-order valence-electron chi connectivity index (χ4n) is 1.02. The first-order valence-corrected chi connectivity index (χ1v) is 4.40. The van der Waals surface area contributed by atoms with E-state index in [0.717, 1.165) is 4.47 Å². The Hall–Kier alpha value is -1.07. The van der Waals surface area contributed by atoms with E-state index in [1.54, 1.807) is 18.2 Å². The van der Waals surface area contributed by atoms with Crippen molar-refractivity contribution in [1.29, 1.82) is 0 Å². The Morgan fingerprint density at radius 3 is 2.85 bits per heavy atom. The molecule has 0 aliphatic rings. The number of benzene rings is 1. The molecule has 0 amide bonds. The van der Waals surface area contributed by atoms with Crippen molar-refractivity contribution in [3.8, 4) is 0 Å². The Morgan fingerprint density at radius 2 is 2.31 bits per heavy atom. The number of nitrogens with two attached hydrogens (primary N) is 1. The molecule has 1 aromatic carbocycles. The third-order valence-electron chi connectivity index (χ3n) is 1.60. The first kappa shape index (κ1) is 10.0. The van der Waals surface area contributed by atoms with E-state index in [1.165, 1.54) is 0 Å². The summed E-state index contributed by atoms with van der Waals surface area (Å²) in [5.74, 6) is 4.35. The van der Waals surface area contributed by atoms with Crippen LogP contribution in [0, 0.1) is 0 Å². The zero-order chi connectivity index (χ0) is 9.84. The Balaban J connectivity index is 3.07. The maximum atomic E-state index is 10.5. The predicted molar refractivity (Wildman–Crippen MR) is 53.3 cm³/mol. The molecular weight excluding hydrogens is 236 g/mol. The van der Waals surface area contributed by atoms with E-state index in [-0.39, 0.29) is 6.42 Å². The second-order valence-electron chi connectivity index (χ2n) is 2.48. The van der Waals surface area contributed by atoms with E-state index in [4.69, 9.17) is 10.9 Å². The van der Waals surface area contributed by atoms with Gasteiger partial charge in [-0.15, -0.1) is 0 Å². The smallest absolute Gasteiger partial charge is 0.307 e. The van der Waals surface area contributed by atoms with Gasteiger partial charge >= 0.3 is 5.97 Å². The van der Waals surface area contributed by atoms with Gasteiger partial charge in [-0.05, 0) is 12.1 Å². The van der Waals surface area contributed by atoms with Crippen molar-refractivity contribution in [2.24, 2.45) is 5.84 Å². The van der Waals surface area contributed by atoms with Crippen LogP contribution in [0.25, 0.3) is 0 Å². The van der Waals surface area contributed by atoms with Gasteiger partial charge in [-0.25, -0.2) is 0 Å². The van der Waals surface area contributed by atoms with Crippen LogP contribution in [0.3, 0.4) is 0 Å². The molecule has 13 heavy (non-hydrogen) atoms. The fourth-order valence-corrected chi connectivity index (χ4v) is 1.53. The number of hydrogen-bond acceptors (Lipinski definition) is 3. The average molecular weight is 245 g/mol. The molecule has 0 saturated carbocycles. The van der Waals surface area contributed by atoms with Gasteiger partial charge in [0.25, 0.3) is 0 Å². The van der Waals surface area contributed by atoms with Crippen LogP contribution in [0.5, 0.6) is 0 Å². The molecule has 0 atom stereocenters. The maximum absolute atomic E-state index is 10.5. The summed E-state index contributed by atoms with van der Waals surface area (Å²) < 4.78 is 0.741. The standard InChI is InChI=1S/C8H9BrN2O2/c9-6-2-1-3-7(11-10)5(6)4-8(12)13/h1-3,11H,4,10H2,(H,12,13). The molecule has 0 fully saturated rings. The maximum Gasteiger partial charge on any atom is 0.307 e. The summed E-state index contributed by atoms with van der Waals surface area (Å²) in [6.45, 7) is 0. The molecule has 0 radical (unpaired) electrons. The first-order valence-electron chi connectivity index (χ1n) is 3.61. The van der Waals surface area contributed by atoms with Gasteiger partial charge in [0.15, 0.2) is 0 Å². The topological polar surface area (TPSA) is 75.3 Å². The second kappa shape index (κ2) is 4.25. The van der Waals surface area contributed by atoms with Crippen LogP contribution >= 0.6 is 15.9 Å². The lowest BCUT2D eigenvalue weighted by Gasteiger charge is -2.08. The summed E-state index contributed by atoms with van der Waals surface area (Å²) in [7, 11) is 0. The highest BCUT2D eigenvalue weighted by atomic mass is 79.9. The van der Waals surface area contributed by atoms with E-state index in [2.05, 4.69) is 21.4 Å². The average Bonchev–Trinajstić information content (AvgIpc) is 2.08. The monoisotopic (exact) mass is 244 g/mol. The molecular formula is C8H9BrN2O2. The number of carboxylic acids is 1. The van der Waals surface area contributed by atoms with Crippen LogP contribution in [0.4, 0.5) is 5.69 Å². The quantitative estimate of drug-likeness (QED) is 0.555. The number of anilines is 1. The largest absolute Gasteiger partial charge is 0.481 e. The summed E-state index contributed by atoms with van der Waals surface area (Å²) in [6, 6.07) is 5.28. The Bertz CT molecular complexity index is 328. The summed E-state index contributed by atoms with van der Waals surface area (Å²) >= 11 is 3.26. The number of aliphatic carboxylic acids is 1. The summed E-state index contributed by atoms with van der Waals surface area (Å²) in [6.07, 6.45) is -0.0546. The number of carboxylic acid groups (broad SMARTS) is 1. The van der Waals surface area contributed by atoms with Gasteiger partial charge in [0.1, 0.15) is 0 Å². The molecule has 1 rings (SSSR count). The minimum absolute atomic E-state index is 0.0546. The molecule has 4 nitrogen and oxygen atoms in total. The SMILES string of the molecule is NNc1cccc(Br)c1CC(=O)O. The van der Waals surface area contributed by atoms with E-state index in [9.17, 15) is 4.79 Å². The molecule has 4 N–H and O–H groups in total. The molecule has 0 bridgehead atoms. The minimum atomic E-state index is -0.886. The lowest BCUT2D eigenvalue weighted by atomic mass is 10.1. The van der Waals surface area contributed by atoms with Crippen molar-refractivity contribution in [1.82, 2.24) is 0 Å². The van der Waals surface area contributed by atoms with Crippen LogP contribution in [0.2, 0.25) is 0 Å². The van der Waals surface area contributed by atoms with Crippen molar-refractivity contribution < 1.29 is 9.90 Å². The number of hydrogen-bond donors (Lipinski definition) is 3. The van der Waals surface area contributed by atoms with E-state index in [0.29, 0.717) is 11.3 Å². The van der Waals surface area contributed by atoms with E-state index in [1.807, 2.05) is 0 Å². The Morgan fingerprint density at radius 1 is 1.62 bits per heavy atom. The number of carbonyl (C=O) groups is 1. The van der Waals surface area contributed by atoms with Crippen molar-refractivity contribution in [2.75, 3.05) is 5.43 Å². The first-order chi connectivity index (χ1) is 6.15. The highest BCUT2D eigenvalue weighted by Crippen LogP contribution is 2.24. The summed E-state index contributed by atoms with van der Waals surface area (Å²) in [5, 5.41) is 8.62. The highest BCUT2D eigenvalue weighted by molar-refractivity contribution is 9.10. The zero-order valence-corrected chi connectivity index (χ0v) is 8.34. The molecule has 0 aliphatic heterocycles. The van der Waals surface area contributed by atoms with Gasteiger partial charge in [-0.2, -0.15) is 0 Å². The van der Waals surface area contributed by atoms with Gasteiger partial charge in [-0.1, -0.05) is 22.0 Å². The Kier molecular flexibility index (Phi) is 3.27. The van der Waals surface area contributed by atoms with Crippen molar-refractivity contribution in [3.05, 3.63) is 28.2 Å². The number of hydrazine groups is 1. The molecule has 0 saturated heterocycles. The van der Waals surface area contributed by atoms with E-state index < -0.39 is 5.97 Å². The van der Waals surface area contributed by atoms with Gasteiger partial charge < -0.3 is 10.5 Å². The van der Waals surface area contributed by atoms with Gasteiger partial charge in [0, 0.05) is 10.0 Å². The summed E-state index contributed by atoms with van der Waals surface area (Å²) in [4.78, 5) is 10.5. The van der Waals surface area contributed by atoms with Gasteiger partial charge in [0.05, 0.1) is 12.1 Å². The number of rotatable bonds is 3. The number of nitrogens with one attached hydrogen (secondary N) is 1. The van der Waals surface area contributed by atoms with Crippen LogP contribution in [0.15, 0.2) is 22.7 Å². The zero-order valence-electron chi connectivity index (χ0n) is 6.75. The van der Waals surface area contributed by atoms with Crippen LogP contribution < -0.4 is 11.3 Å². The molecule has 70 valence electrons. The van der Waals surface area contributed by atoms with Crippen LogP contribution in [-0.2, 0) is 11.2 Å². The third kappa shape index (κ3) is 2.43. The van der Waals surface area contributed by atoms with Crippen molar-refractivity contribution >= 4 is 27.6 Å². The third-order valence-corrected chi connectivity index (χ3v) is 2.35. The lowest BCUT2D eigenvalue weighted by molar-refractivity contribution is -0.136.